The summed E-state index contributed by atoms with van der Waals surface area (Å²) < 4.78 is 4.67. The summed E-state index contributed by atoms with van der Waals surface area (Å²) in [6.07, 6.45) is 7.40. The van der Waals surface area contributed by atoms with Crippen LogP contribution in [0.1, 0.15) is 49.4 Å². The lowest BCUT2D eigenvalue weighted by atomic mass is 9.86. The molecular weight excluding hydrogens is 302 g/mol. The summed E-state index contributed by atoms with van der Waals surface area (Å²) in [5.41, 5.74) is 9.26. The average molecular weight is 327 g/mol. The normalized spacial score (nSPS) is 20.8. The fraction of sp³-hybridized carbons (Fsp3) is 0.474. The Balaban J connectivity index is 1.63. The fourth-order valence-corrected chi connectivity index (χ4v) is 3.28. The zero-order chi connectivity index (χ0) is 16.9. The van der Waals surface area contributed by atoms with E-state index in [0.29, 0.717) is 24.8 Å². The zero-order valence-corrected chi connectivity index (χ0v) is 14.1. The van der Waals surface area contributed by atoms with Crippen molar-refractivity contribution in [1.82, 2.24) is 9.97 Å². The van der Waals surface area contributed by atoms with Crippen molar-refractivity contribution in [2.24, 2.45) is 5.73 Å². The number of aryl methyl sites for hydroxylation is 1. The lowest BCUT2D eigenvalue weighted by molar-refractivity contribution is -0.140. The van der Waals surface area contributed by atoms with Gasteiger partial charge in [0.05, 0.1) is 19.0 Å². The minimum absolute atomic E-state index is 0.176. The summed E-state index contributed by atoms with van der Waals surface area (Å²) in [4.78, 5) is 19.2. The summed E-state index contributed by atoms with van der Waals surface area (Å²) in [6, 6.07) is 8.60. The number of H-pyrrole nitrogens is 1. The summed E-state index contributed by atoms with van der Waals surface area (Å²) in [5.74, 6) is 1.40. The number of nitrogens with two attached hydrogens (primary N) is 1. The first-order chi connectivity index (χ1) is 11.7. The lowest BCUT2D eigenvalue weighted by Crippen LogP contribution is -2.26. The van der Waals surface area contributed by atoms with Gasteiger partial charge < -0.3 is 15.5 Å². The molecule has 0 saturated heterocycles. The Morgan fingerprint density at radius 3 is 2.62 bits per heavy atom. The van der Waals surface area contributed by atoms with E-state index in [4.69, 9.17) is 5.73 Å². The fourth-order valence-electron chi connectivity index (χ4n) is 3.28. The monoisotopic (exact) mass is 327 g/mol. The Labute approximate surface area is 142 Å². The van der Waals surface area contributed by atoms with Crippen molar-refractivity contribution in [2.45, 2.75) is 50.5 Å². The number of benzene rings is 1. The van der Waals surface area contributed by atoms with Gasteiger partial charge in [-0.2, -0.15) is 0 Å². The molecule has 1 fully saturated rings. The van der Waals surface area contributed by atoms with E-state index in [0.717, 1.165) is 48.3 Å². The summed E-state index contributed by atoms with van der Waals surface area (Å²) in [5, 5.41) is 0. The molecule has 0 aliphatic heterocycles. The van der Waals surface area contributed by atoms with Crippen molar-refractivity contribution < 1.29 is 9.53 Å². The minimum atomic E-state index is -0.176. The van der Waals surface area contributed by atoms with E-state index in [2.05, 4.69) is 39.0 Å². The second-order valence-corrected chi connectivity index (χ2v) is 6.57. The Bertz CT molecular complexity index is 670. The molecule has 0 amide bonds. The van der Waals surface area contributed by atoms with Gasteiger partial charge in [-0.1, -0.05) is 24.3 Å². The molecule has 0 radical (unpaired) electrons. The third-order valence-electron chi connectivity index (χ3n) is 4.86. The van der Waals surface area contributed by atoms with Crippen molar-refractivity contribution in [2.75, 3.05) is 7.11 Å². The van der Waals surface area contributed by atoms with Gasteiger partial charge in [0.1, 0.15) is 5.82 Å². The molecule has 24 heavy (non-hydrogen) atoms. The molecule has 5 heteroatoms. The van der Waals surface area contributed by atoms with Crippen LogP contribution < -0.4 is 5.73 Å². The standard InChI is InChI=1S/C19H25N3O2/c1-24-18(23)11-4-13-2-5-14(6-3-13)17-12-21-19(22-17)15-7-9-16(20)10-8-15/h2-3,5-6,12,15-16H,4,7-11,20H2,1H3,(H,21,22). The molecule has 1 aromatic carbocycles. The predicted molar refractivity (Wildman–Crippen MR) is 93.5 cm³/mol. The number of carbonyl (C=O) groups is 1. The summed E-state index contributed by atoms with van der Waals surface area (Å²) in [6.45, 7) is 0. The van der Waals surface area contributed by atoms with Crippen LogP contribution in [-0.4, -0.2) is 29.1 Å². The predicted octanol–water partition coefficient (Wildman–Crippen LogP) is 3.17. The van der Waals surface area contributed by atoms with Crippen LogP contribution in [0.25, 0.3) is 11.3 Å². The SMILES string of the molecule is COC(=O)CCc1ccc(-c2cnc(C3CCC(N)CC3)[nH]2)cc1. The number of esters is 1. The van der Waals surface area contributed by atoms with Gasteiger partial charge in [-0.05, 0) is 43.2 Å². The highest BCUT2D eigenvalue weighted by Crippen LogP contribution is 2.31. The van der Waals surface area contributed by atoms with Crippen molar-refractivity contribution in [3.05, 3.63) is 41.9 Å². The van der Waals surface area contributed by atoms with Gasteiger partial charge in [0.2, 0.25) is 0 Å². The molecule has 128 valence electrons. The number of hydrogen-bond acceptors (Lipinski definition) is 4. The van der Waals surface area contributed by atoms with Gasteiger partial charge >= 0.3 is 5.97 Å². The molecule has 1 aliphatic carbocycles. The van der Waals surface area contributed by atoms with Crippen molar-refractivity contribution >= 4 is 5.97 Å². The van der Waals surface area contributed by atoms with E-state index in [-0.39, 0.29) is 5.97 Å². The second-order valence-electron chi connectivity index (χ2n) is 6.57. The largest absolute Gasteiger partial charge is 0.469 e. The molecule has 2 aromatic rings. The molecular formula is C19H25N3O2. The molecule has 1 heterocycles. The van der Waals surface area contributed by atoms with Crippen molar-refractivity contribution in [3.63, 3.8) is 0 Å². The van der Waals surface area contributed by atoms with Gasteiger partial charge in [-0.3, -0.25) is 4.79 Å². The smallest absolute Gasteiger partial charge is 0.305 e. The Hall–Kier alpha value is -2.14. The van der Waals surface area contributed by atoms with Crippen LogP contribution >= 0.6 is 0 Å². The third kappa shape index (κ3) is 4.03. The van der Waals surface area contributed by atoms with E-state index in [9.17, 15) is 4.79 Å². The molecule has 3 N–H and O–H groups in total. The highest BCUT2D eigenvalue weighted by Gasteiger charge is 2.22. The molecule has 0 bridgehead atoms. The van der Waals surface area contributed by atoms with E-state index < -0.39 is 0 Å². The lowest BCUT2D eigenvalue weighted by Gasteiger charge is -2.24. The molecule has 1 aromatic heterocycles. The molecule has 0 spiro atoms. The maximum Gasteiger partial charge on any atom is 0.305 e. The summed E-state index contributed by atoms with van der Waals surface area (Å²) in [7, 11) is 1.42. The molecule has 1 aliphatic rings. The minimum Gasteiger partial charge on any atom is -0.469 e. The number of nitrogens with one attached hydrogen (secondary N) is 1. The van der Waals surface area contributed by atoms with Gasteiger partial charge in [0.25, 0.3) is 0 Å². The van der Waals surface area contributed by atoms with E-state index in [1.54, 1.807) is 0 Å². The molecule has 0 atom stereocenters. The van der Waals surface area contributed by atoms with Crippen LogP contribution in [0.2, 0.25) is 0 Å². The molecule has 5 nitrogen and oxygen atoms in total. The van der Waals surface area contributed by atoms with Gasteiger partial charge in [0.15, 0.2) is 0 Å². The average Bonchev–Trinajstić information content (AvgIpc) is 3.11. The second kappa shape index (κ2) is 7.62. The molecule has 3 rings (SSSR count). The number of hydrogen-bond donors (Lipinski definition) is 2. The van der Waals surface area contributed by atoms with E-state index in [1.165, 1.54) is 7.11 Å². The zero-order valence-electron chi connectivity index (χ0n) is 14.1. The third-order valence-corrected chi connectivity index (χ3v) is 4.86. The van der Waals surface area contributed by atoms with E-state index in [1.807, 2.05) is 6.20 Å². The topological polar surface area (TPSA) is 81.0 Å². The first-order valence-electron chi connectivity index (χ1n) is 8.62. The van der Waals surface area contributed by atoms with Crippen LogP contribution in [0.5, 0.6) is 0 Å². The molecule has 0 unspecified atom stereocenters. The van der Waals surface area contributed by atoms with Crippen molar-refractivity contribution in [3.8, 4) is 11.3 Å². The quantitative estimate of drug-likeness (QED) is 0.827. The van der Waals surface area contributed by atoms with Crippen LogP contribution in [0.15, 0.2) is 30.5 Å². The highest BCUT2D eigenvalue weighted by molar-refractivity contribution is 5.69. The maximum atomic E-state index is 11.2. The Kier molecular flexibility index (Phi) is 5.30. The number of ether oxygens (including phenoxy) is 1. The number of aromatic amines is 1. The number of aromatic nitrogens is 2. The summed E-state index contributed by atoms with van der Waals surface area (Å²) >= 11 is 0. The van der Waals surface area contributed by atoms with Gasteiger partial charge in [0, 0.05) is 18.4 Å². The Morgan fingerprint density at radius 1 is 1.25 bits per heavy atom. The highest BCUT2D eigenvalue weighted by atomic mass is 16.5. The van der Waals surface area contributed by atoms with Crippen LogP contribution in [0.4, 0.5) is 0 Å². The Morgan fingerprint density at radius 2 is 1.96 bits per heavy atom. The van der Waals surface area contributed by atoms with Crippen LogP contribution in [0, 0.1) is 0 Å². The number of carbonyl (C=O) groups excluding carboxylic acids is 1. The van der Waals surface area contributed by atoms with Crippen LogP contribution in [0.3, 0.4) is 0 Å². The van der Waals surface area contributed by atoms with Crippen molar-refractivity contribution in [1.29, 1.82) is 0 Å². The van der Waals surface area contributed by atoms with Crippen LogP contribution in [-0.2, 0) is 16.0 Å². The van der Waals surface area contributed by atoms with Gasteiger partial charge in [-0.15, -0.1) is 0 Å². The van der Waals surface area contributed by atoms with Gasteiger partial charge in [-0.25, -0.2) is 4.98 Å². The molecule has 1 saturated carbocycles. The number of imidazole rings is 1. The first-order valence-corrected chi connectivity index (χ1v) is 8.62. The first kappa shape index (κ1) is 16.7. The number of methoxy groups -OCH3 is 1. The number of rotatable bonds is 5. The number of nitrogens with zero attached hydrogens (tertiary/aromatic N) is 1. The van der Waals surface area contributed by atoms with E-state index >= 15 is 0 Å². The maximum absolute atomic E-state index is 11.2.